The van der Waals surface area contributed by atoms with Crippen LogP contribution in [0.25, 0.3) is 0 Å². The Balaban J connectivity index is 2.02. The number of hydrazine groups is 1. The molecule has 5 nitrogen and oxygen atoms in total. The first-order valence-electron chi connectivity index (χ1n) is 4.55. The van der Waals surface area contributed by atoms with E-state index in [-0.39, 0.29) is 17.5 Å². The molecule has 4 atom stereocenters. The third-order valence-corrected chi connectivity index (χ3v) is 3.11. The van der Waals surface area contributed by atoms with Crippen LogP contribution < -0.4 is 16.5 Å². The van der Waals surface area contributed by atoms with Gasteiger partial charge in [-0.2, -0.15) is 0 Å². The predicted molar refractivity (Wildman–Crippen MR) is 50.5 cm³/mol. The van der Waals surface area contributed by atoms with Crippen molar-refractivity contribution in [1.82, 2.24) is 15.9 Å². The Kier molecular flexibility index (Phi) is 2.73. The number of nitrogens with zero attached hydrogens (tertiary/aromatic N) is 1. The summed E-state index contributed by atoms with van der Waals surface area (Å²) in [5.41, 5.74) is 8.15. The van der Waals surface area contributed by atoms with Crippen LogP contribution in [0.2, 0.25) is 0 Å². The maximum atomic E-state index is 11.4. The molecule has 13 heavy (non-hydrogen) atoms. The van der Waals surface area contributed by atoms with E-state index in [0.29, 0.717) is 0 Å². The van der Waals surface area contributed by atoms with Crippen molar-refractivity contribution in [2.24, 2.45) is 5.73 Å². The third kappa shape index (κ3) is 1.96. The van der Waals surface area contributed by atoms with Crippen molar-refractivity contribution in [3.63, 3.8) is 0 Å². The highest BCUT2D eigenvalue weighted by atomic mass is 35.5. The van der Waals surface area contributed by atoms with Crippen LogP contribution in [0.4, 0.5) is 0 Å². The summed E-state index contributed by atoms with van der Waals surface area (Å²) in [4.78, 5) is 0. The minimum absolute atomic E-state index is 0.0731. The quantitative estimate of drug-likeness (QED) is 0.472. The fraction of sp³-hybridized carbons (Fsp3) is 1.00. The standard InChI is InChI=1S/C7H14ClN4O/c8-4-1-2-5-6(3-4)12(13)11-7(9)10-5/h4-7,10-11H,1-3,9H2/q-1. The first-order valence-corrected chi connectivity index (χ1v) is 4.98. The van der Waals surface area contributed by atoms with E-state index in [0.717, 1.165) is 24.4 Å². The van der Waals surface area contributed by atoms with Crippen molar-refractivity contribution in [2.45, 2.75) is 43.0 Å². The van der Waals surface area contributed by atoms with Crippen LogP contribution >= 0.6 is 11.6 Å². The lowest BCUT2D eigenvalue weighted by Gasteiger charge is -2.51. The molecule has 1 heterocycles. The van der Waals surface area contributed by atoms with Crippen LogP contribution in [0.5, 0.6) is 0 Å². The summed E-state index contributed by atoms with van der Waals surface area (Å²) in [6.45, 7) is 0. The Labute approximate surface area is 82.1 Å². The van der Waals surface area contributed by atoms with Gasteiger partial charge in [-0.1, -0.05) is 0 Å². The first kappa shape index (κ1) is 9.64. The van der Waals surface area contributed by atoms with Gasteiger partial charge in [0.2, 0.25) is 0 Å². The van der Waals surface area contributed by atoms with Crippen LogP contribution in [0, 0.1) is 5.21 Å². The highest BCUT2D eigenvalue weighted by Crippen LogP contribution is 2.27. The number of hydroxylamine groups is 1. The van der Waals surface area contributed by atoms with E-state index in [4.69, 9.17) is 17.3 Å². The topological polar surface area (TPSA) is 76.4 Å². The lowest BCUT2D eigenvalue weighted by Crippen LogP contribution is -2.70. The Hall–Kier alpha value is 0.0900. The second-order valence-electron chi connectivity index (χ2n) is 3.68. The molecule has 0 spiro atoms. The van der Waals surface area contributed by atoms with Gasteiger partial charge >= 0.3 is 0 Å². The number of alkyl halides is 1. The summed E-state index contributed by atoms with van der Waals surface area (Å²) in [5, 5.41) is 15.5. The summed E-state index contributed by atoms with van der Waals surface area (Å²) < 4.78 is 0. The van der Waals surface area contributed by atoms with E-state index >= 15 is 0 Å². The fourth-order valence-electron chi connectivity index (χ4n) is 2.05. The molecule has 2 fully saturated rings. The molecule has 0 aromatic carbocycles. The molecule has 1 saturated carbocycles. The van der Waals surface area contributed by atoms with Gasteiger partial charge in [-0.3, -0.25) is 5.32 Å². The lowest BCUT2D eigenvalue weighted by molar-refractivity contribution is 0.0407. The van der Waals surface area contributed by atoms with Gasteiger partial charge in [0, 0.05) is 17.5 Å². The zero-order chi connectivity index (χ0) is 9.42. The number of hydrogen-bond acceptors (Lipinski definition) is 5. The molecule has 1 aliphatic carbocycles. The molecule has 76 valence electrons. The number of rotatable bonds is 0. The van der Waals surface area contributed by atoms with Gasteiger partial charge in [-0.05, 0) is 19.3 Å². The molecular weight excluding hydrogens is 192 g/mol. The monoisotopic (exact) mass is 205 g/mol. The van der Waals surface area contributed by atoms with Crippen molar-refractivity contribution in [2.75, 3.05) is 0 Å². The fourth-order valence-corrected chi connectivity index (χ4v) is 2.36. The number of nitrogens with one attached hydrogen (secondary N) is 2. The van der Waals surface area contributed by atoms with Gasteiger partial charge in [0.25, 0.3) is 0 Å². The molecule has 1 aliphatic heterocycles. The van der Waals surface area contributed by atoms with Crippen LogP contribution in [0.15, 0.2) is 0 Å². The zero-order valence-corrected chi connectivity index (χ0v) is 8.00. The molecule has 2 aliphatic rings. The minimum Gasteiger partial charge on any atom is -0.771 e. The van der Waals surface area contributed by atoms with Gasteiger partial charge in [-0.15, -0.1) is 11.6 Å². The van der Waals surface area contributed by atoms with Crippen molar-refractivity contribution in [1.29, 1.82) is 0 Å². The molecule has 0 amide bonds. The molecule has 0 aromatic heterocycles. The molecule has 1 saturated heterocycles. The molecule has 0 aromatic rings. The highest BCUT2D eigenvalue weighted by molar-refractivity contribution is 6.20. The molecule has 6 heteroatoms. The van der Waals surface area contributed by atoms with E-state index in [2.05, 4.69) is 10.7 Å². The molecule has 2 rings (SSSR count). The molecule has 0 radical (unpaired) electrons. The van der Waals surface area contributed by atoms with E-state index in [1.807, 2.05) is 0 Å². The van der Waals surface area contributed by atoms with Crippen LogP contribution in [-0.2, 0) is 0 Å². The number of halogens is 1. The number of hydrogen-bond donors (Lipinski definition) is 3. The molecule has 4 N–H and O–H groups in total. The van der Waals surface area contributed by atoms with Gasteiger partial charge in [0.15, 0.2) is 0 Å². The third-order valence-electron chi connectivity index (χ3n) is 2.71. The molecule has 4 unspecified atom stereocenters. The van der Waals surface area contributed by atoms with Crippen LogP contribution in [-0.4, -0.2) is 28.9 Å². The van der Waals surface area contributed by atoms with Crippen molar-refractivity contribution < 1.29 is 0 Å². The summed E-state index contributed by atoms with van der Waals surface area (Å²) in [5.74, 6) is 0. The Morgan fingerprint density at radius 1 is 1.46 bits per heavy atom. The predicted octanol–water partition coefficient (Wildman–Crippen LogP) is -0.335. The maximum Gasteiger partial charge on any atom is 0.121 e. The Morgan fingerprint density at radius 2 is 2.23 bits per heavy atom. The van der Waals surface area contributed by atoms with Gasteiger partial charge in [0.05, 0.1) is 0 Å². The molecular formula is C7H14ClN4O-. The van der Waals surface area contributed by atoms with E-state index < -0.39 is 6.29 Å². The van der Waals surface area contributed by atoms with Gasteiger partial charge < -0.3 is 16.1 Å². The molecule has 0 bridgehead atoms. The summed E-state index contributed by atoms with van der Waals surface area (Å²) in [6.07, 6.45) is 2.18. The highest BCUT2D eigenvalue weighted by Gasteiger charge is 2.34. The Morgan fingerprint density at radius 3 is 3.00 bits per heavy atom. The first-order chi connectivity index (χ1) is 6.16. The second-order valence-corrected chi connectivity index (χ2v) is 4.30. The normalized spacial score (nSPS) is 47.3. The van der Waals surface area contributed by atoms with E-state index in [9.17, 15) is 5.21 Å². The summed E-state index contributed by atoms with van der Waals surface area (Å²) in [6, 6.07) is 0.111. The van der Waals surface area contributed by atoms with E-state index in [1.54, 1.807) is 0 Å². The largest absolute Gasteiger partial charge is 0.771 e. The number of nitrogens with two attached hydrogens (primary N) is 1. The van der Waals surface area contributed by atoms with Crippen molar-refractivity contribution in [3.05, 3.63) is 5.21 Å². The van der Waals surface area contributed by atoms with Crippen molar-refractivity contribution in [3.8, 4) is 0 Å². The van der Waals surface area contributed by atoms with Crippen LogP contribution in [0.1, 0.15) is 19.3 Å². The van der Waals surface area contributed by atoms with E-state index in [1.165, 1.54) is 0 Å². The zero-order valence-electron chi connectivity index (χ0n) is 7.24. The van der Waals surface area contributed by atoms with Crippen molar-refractivity contribution >= 4 is 11.6 Å². The summed E-state index contributed by atoms with van der Waals surface area (Å²) in [7, 11) is 0. The smallest absolute Gasteiger partial charge is 0.121 e. The number of fused-ring (bicyclic) bond motifs is 1. The minimum atomic E-state index is -0.425. The SMILES string of the molecule is NC1NC2CCC(Cl)CC2N([O-])N1. The average molecular weight is 206 g/mol. The second kappa shape index (κ2) is 3.68. The van der Waals surface area contributed by atoms with Gasteiger partial charge in [0.1, 0.15) is 6.29 Å². The maximum absolute atomic E-state index is 11.4. The Bertz CT molecular complexity index is 193. The van der Waals surface area contributed by atoms with Crippen LogP contribution in [0.3, 0.4) is 0 Å². The lowest BCUT2D eigenvalue weighted by atomic mass is 9.89. The summed E-state index contributed by atoms with van der Waals surface area (Å²) >= 11 is 5.99. The van der Waals surface area contributed by atoms with Gasteiger partial charge in [-0.25, -0.2) is 5.43 Å². The average Bonchev–Trinajstić information content (AvgIpc) is 2.06.